The number of nitrogens with zero attached hydrogens (tertiary/aromatic N) is 5. The maximum Gasteiger partial charge on any atom is 0.229 e. The van der Waals surface area contributed by atoms with Crippen LogP contribution < -0.4 is 20.7 Å². The third kappa shape index (κ3) is 4.38. The summed E-state index contributed by atoms with van der Waals surface area (Å²) in [6.07, 6.45) is 4.45. The number of ether oxygens (including phenoxy) is 1. The maximum absolute atomic E-state index is 14.6. The smallest absolute Gasteiger partial charge is 0.229 e. The van der Waals surface area contributed by atoms with Crippen LogP contribution in [0, 0.1) is 22.6 Å². The number of hydrogen-bond acceptors (Lipinski definition) is 9. The number of piperidine rings is 1. The molecular formula is C24H25FN8O. The SMILES string of the molecule is CNc1ncc(-c2c(OC)nc(N3CCC(N)CC3)nc2-c2ccc(C#N)c(F)c2)cc1C=N. The molecule has 4 rings (SSSR count). The Labute approximate surface area is 196 Å². The molecule has 174 valence electrons. The summed E-state index contributed by atoms with van der Waals surface area (Å²) in [5.41, 5.74) is 8.60. The third-order valence-electron chi connectivity index (χ3n) is 5.84. The van der Waals surface area contributed by atoms with Crippen LogP contribution in [-0.4, -0.2) is 54.5 Å². The molecule has 0 saturated carbocycles. The first-order valence-corrected chi connectivity index (χ1v) is 10.8. The van der Waals surface area contributed by atoms with Crippen molar-refractivity contribution >= 4 is 18.0 Å². The number of pyridine rings is 1. The second kappa shape index (κ2) is 9.80. The van der Waals surface area contributed by atoms with Gasteiger partial charge in [-0.05, 0) is 31.0 Å². The zero-order valence-electron chi connectivity index (χ0n) is 19.0. The summed E-state index contributed by atoms with van der Waals surface area (Å²) < 4.78 is 20.3. The minimum atomic E-state index is -0.641. The van der Waals surface area contributed by atoms with Crippen molar-refractivity contribution in [1.82, 2.24) is 15.0 Å². The van der Waals surface area contributed by atoms with Crippen molar-refractivity contribution in [3.63, 3.8) is 0 Å². The highest BCUT2D eigenvalue weighted by Crippen LogP contribution is 2.39. The van der Waals surface area contributed by atoms with Crippen molar-refractivity contribution in [3.05, 3.63) is 47.4 Å². The number of aromatic nitrogens is 3. The summed E-state index contributed by atoms with van der Waals surface area (Å²) in [4.78, 5) is 15.9. The van der Waals surface area contributed by atoms with E-state index in [0.717, 1.165) is 12.8 Å². The first-order valence-electron chi connectivity index (χ1n) is 10.8. The van der Waals surface area contributed by atoms with Crippen molar-refractivity contribution in [2.45, 2.75) is 18.9 Å². The van der Waals surface area contributed by atoms with Gasteiger partial charge in [0.25, 0.3) is 0 Å². The zero-order valence-corrected chi connectivity index (χ0v) is 19.0. The normalized spacial score (nSPS) is 13.9. The van der Waals surface area contributed by atoms with Gasteiger partial charge in [-0.2, -0.15) is 10.2 Å². The molecule has 3 aromatic rings. The van der Waals surface area contributed by atoms with Crippen LogP contribution >= 0.6 is 0 Å². The van der Waals surface area contributed by atoms with E-state index in [0.29, 0.717) is 58.7 Å². The van der Waals surface area contributed by atoms with Crippen molar-refractivity contribution in [1.29, 1.82) is 10.7 Å². The lowest BCUT2D eigenvalue weighted by Gasteiger charge is -2.31. The highest BCUT2D eigenvalue weighted by Gasteiger charge is 2.25. The quantitative estimate of drug-likeness (QED) is 0.477. The molecule has 1 fully saturated rings. The Hall–Kier alpha value is -4.10. The molecule has 1 saturated heterocycles. The molecule has 4 N–H and O–H groups in total. The molecule has 2 aromatic heterocycles. The molecule has 0 bridgehead atoms. The molecular weight excluding hydrogens is 435 g/mol. The fraction of sp³-hybridized carbons (Fsp3) is 0.292. The first kappa shape index (κ1) is 23.1. The average Bonchev–Trinajstić information content (AvgIpc) is 2.87. The fourth-order valence-corrected chi connectivity index (χ4v) is 3.98. The van der Waals surface area contributed by atoms with Gasteiger partial charge >= 0.3 is 0 Å². The molecule has 9 nitrogen and oxygen atoms in total. The Balaban J connectivity index is 1.95. The molecule has 3 heterocycles. The molecule has 1 aromatic carbocycles. The maximum atomic E-state index is 14.6. The van der Waals surface area contributed by atoms with Gasteiger partial charge < -0.3 is 26.1 Å². The molecule has 1 aliphatic rings. The summed E-state index contributed by atoms with van der Waals surface area (Å²) in [5.74, 6) is 0.665. The second-order valence-corrected chi connectivity index (χ2v) is 7.94. The topological polar surface area (TPSA) is 137 Å². The van der Waals surface area contributed by atoms with Crippen molar-refractivity contribution < 1.29 is 9.13 Å². The van der Waals surface area contributed by atoms with Crippen molar-refractivity contribution in [3.8, 4) is 34.3 Å². The van der Waals surface area contributed by atoms with E-state index in [2.05, 4.69) is 15.3 Å². The van der Waals surface area contributed by atoms with Gasteiger partial charge in [-0.15, -0.1) is 0 Å². The number of rotatable bonds is 6. The van der Waals surface area contributed by atoms with E-state index in [4.69, 9.17) is 26.1 Å². The lowest BCUT2D eigenvalue weighted by atomic mass is 9.99. The van der Waals surface area contributed by atoms with E-state index < -0.39 is 5.82 Å². The van der Waals surface area contributed by atoms with Crippen LogP contribution in [0.15, 0.2) is 30.5 Å². The monoisotopic (exact) mass is 460 g/mol. The molecule has 1 aliphatic heterocycles. The van der Waals surface area contributed by atoms with E-state index in [1.54, 1.807) is 25.4 Å². The summed E-state index contributed by atoms with van der Waals surface area (Å²) >= 11 is 0. The molecule has 0 spiro atoms. The molecule has 0 aliphatic carbocycles. The Bertz CT molecular complexity index is 1260. The predicted molar refractivity (Wildman–Crippen MR) is 129 cm³/mol. The van der Waals surface area contributed by atoms with E-state index in [1.807, 2.05) is 11.0 Å². The van der Waals surface area contributed by atoms with Crippen LogP contribution in [0.4, 0.5) is 16.2 Å². The Morgan fingerprint density at radius 1 is 1.26 bits per heavy atom. The molecule has 0 amide bonds. The van der Waals surface area contributed by atoms with Gasteiger partial charge in [-0.1, -0.05) is 6.07 Å². The molecule has 0 atom stereocenters. The number of halogens is 1. The molecule has 0 radical (unpaired) electrons. The van der Waals surface area contributed by atoms with Crippen molar-refractivity contribution in [2.24, 2.45) is 5.73 Å². The minimum Gasteiger partial charge on any atom is -0.480 e. The molecule has 10 heteroatoms. The number of anilines is 2. The lowest BCUT2D eigenvalue weighted by Crippen LogP contribution is -2.40. The third-order valence-corrected chi connectivity index (χ3v) is 5.84. The zero-order chi connectivity index (χ0) is 24.2. The van der Waals surface area contributed by atoms with Gasteiger partial charge in [0.2, 0.25) is 11.8 Å². The second-order valence-electron chi connectivity index (χ2n) is 7.94. The lowest BCUT2D eigenvalue weighted by molar-refractivity contribution is 0.397. The fourth-order valence-electron chi connectivity index (χ4n) is 3.98. The molecule has 34 heavy (non-hydrogen) atoms. The number of hydrogen-bond donors (Lipinski definition) is 3. The van der Waals surface area contributed by atoms with Gasteiger partial charge in [0.1, 0.15) is 17.7 Å². The summed E-state index contributed by atoms with van der Waals surface area (Å²) in [6.45, 7) is 1.39. The van der Waals surface area contributed by atoms with Crippen LogP contribution in [0.3, 0.4) is 0 Å². The van der Waals surface area contributed by atoms with E-state index >= 15 is 0 Å². The largest absolute Gasteiger partial charge is 0.480 e. The Morgan fingerprint density at radius 3 is 2.65 bits per heavy atom. The van der Waals surface area contributed by atoms with Crippen LogP contribution in [0.1, 0.15) is 24.0 Å². The average molecular weight is 461 g/mol. The van der Waals surface area contributed by atoms with Gasteiger partial charge in [0.05, 0.1) is 23.9 Å². The number of nitrogens with two attached hydrogens (primary N) is 1. The highest BCUT2D eigenvalue weighted by molar-refractivity contribution is 5.90. The number of benzene rings is 1. The van der Waals surface area contributed by atoms with E-state index in [-0.39, 0.29) is 11.6 Å². The standard InChI is InChI=1S/C24H25FN8O/c1-29-22-16(12-27)9-17(13-30-22)20-21(14-3-4-15(11-26)19(25)10-14)31-24(32-23(20)34-2)33-7-5-18(28)6-8-33/h3-4,9-10,12-13,18,27H,5-8,28H2,1-2H3,(H,29,30). The van der Waals surface area contributed by atoms with Gasteiger partial charge in [0, 0.05) is 55.3 Å². The predicted octanol–water partition coefficient (Wildman–Crippen LogP) is 3.19. The van der Waals surface area contributed by atoms with Crippen LogP contribution in [-0.2, 0) is 0 Å². The van der Waals surface area contributed by atoms with Crippen LogP contribution in [0.2, 0.25) is 0 Å². The minimum absolute atomic E-state index is 0.0531. The summed E-state index contributed by atoms with van der Waals surface area (Å²) in [6, 6.07) is 8.11. The Kier molecular flexibility index (Phi) is 6.65. The van der Waals surface area contributed by atoms with E-state index in [1.165, 1.54) is 25.5 Å². The van der Waals surface area contributed by atoms with Gasteiger partial charge in [-0.3, -0.25) is 0 Å². The summed E-state index contributed by atoms with van der Waals surface area (Å²) in [5, 5.41) is 19.9. The Morgan fingerprint density at radius 2 is 2.03 bits per heavy atom. The van der Waals surface area contributed by atoms with E-state index in [9.17, 15) is 4.39 Å². The van der Waals surface area contributed by atoms with Crippen LogP contribution in [0.25, 0.3) is 22.4 Å². The number of methoxy groups -OCH3 is 1. The summed E-state index contributed by atoms with van der Waals surface area (Å²) in [7, 11) is 3.24. The van der Waals surface area contributed by atoms with Gasteiger partial charge in [0.15, 0.2) is 0 Å². The van der Waals surface area contributed by atoms with Crippen LogP contribution in [0.5, 0.6) is 5.88 Å². The highest BCUT2D eigenvalue weighted by atomic mass is 19.1. The van der Waals surface area contributed by atoms with Crippen molar-refractivity contribution in [2.75, 3.05) is 37.5 Å². The van der Waals surface area contributed by atoms with Gasteiger partial charge in [-0.25, -0.2) is 14.4 Å². The number of nitrogens with one attached hydrogen (secondary N) is 2. The molecule has 0 unspecified atom stereocenters. The first-order chi connectivity index (χ1) is 16.5. The number of nitriles is 1.